The number of carbonyl (C=O) groups is 1. The number of hydrogen-bond donors (Lipinski definition) is 1. The van der Waals surface area contributed by atoms with Crippen LogP contribution in [0.25, 0.3) is 0 Å². The molecule has 1 N–H and O–H groups in total. The number of thioether (sulfide) groups is 1. The largest absolute Gasteiger partial charge is 0.350 e. The van der Waals surface area contributed by atoms with Gasteiger partial charge in [-0.2, -0.15) is 0 Å². The van der Waals surface area contributed by atoms with Crippen LogP contribution in [0.1, 0.15) is 31.3 Å². The van der Waals surface area contributed by atoms with Gasteiger partial charge in [0.15, 0.2) is 5.82 Å². The van der Waals surface area contributed by atoms with E-state index in [1.54, 1.807) is 22.6 Å². The Morgan fingerprint density at radius 1 is 1.45 bits per heavy atom. The van der Waals surface area contributed by atoms with Crippen molar-refractivity contribution in [3.05, 3.63) is 35.9 Å². The van der Waals surface area contributed by atoms with E-state index >= 15 is 0 Å². The Bertz CT molecular complexity index is 588. The number of pyridine rings is 1. The third-order valence-electron chi connectivity index (χ3n) is 3.22. The molecule has 2 rings (SSSR count). The SMILES string of the molecule is CCC(CC(=O)NCc1ccccn1)SCc1nnnn1C. The van der Waals surface area contributed by atoms with Crippen LogP contribution in [0.5, 0.6) is 0 Å². The molecule has 0 saturated carbocycles. The monoisotopic (exact) mass is 320 g/mol. The molecular weight excluding hydrogens is 300 g/mol. The van der Waals surface area contributed by atoms with Crippen molar-refractivity contribution >= 4 is 17.7 Å². The molecule has 1 unspecified atom stereocenters. The van der Waals surface area contributed by atoms with E-state index in [9.17, 15) is 4.79 Å². The fourth-order valence-electron chi connectivity index (χ4n) is 1.85. The second-order valence-corrected chi connectivity index (χ2v) is 6.15. The molecule has 0 aliphatic heterocycles. The lowest BCUT2D eigenvalue weighted by Gasteiger charge is -2.13. The molecule has 118 valence electrons. The van der Waals surface area contributed by atoms with Gasteiger partial charge in [-0.15, -0.1) is 16.9 Å². The third-order valence-corrected chi connectivity index (χ3v) is 4.61. The average Bonchev–Trinajstić information content (AvgIpc) is 2.95. The summed E-state index contributed by atoms with van der Waals surface area (Å²) >= 11 is 1.70. The number of rotatable bonds is 8. The number of carbonyl (C=O) groups excluding carboxylic acids is 1. The van der Waals surface area contributed by atoms with E-state index < -0.39 is 0 Å². The summed E-state index contributed by atoms with van der Waals surface area (Å²) in [5.74, 6) is 1.56. The van der Waals surface area contributed by atoms with Crippen molar-refractivity contribution in [3.8, 4) is 0 Å². The van der Waals surface area contributed by atoms with E-state index in [1.165, 1.54) is 0 Å². The van der Waals surface area contributed by atoms with E-state index in [0.29, 0.717) is 18.7 Å². The van der Waals surface area contributed by atoms with Crippen LogP contribution in [-0.2, 0) is 24.1 Å². The van der Waals surface area contributed by atoms with E-state index in [2.05, 4.69) is 32.7 Å². The summed E-state index contributed by atoms with van der Waals surface area (Å²) in [6.07, 6.45) is 3.13. The smallest absolute Gasteiger partial charge is 0.221 e. The summed E-state index contributed by atoms with van der Waals surface area (Å²) in [6.45, 7) is 2.55. The number of aryl methyl sites for hydroxylation is 1. The van der Waals surface area contributed by atoms with Gasteiger partial charge < -0.3 is 5.32 Å². The van der Waals surface area contributed by atoms with Crippen LogP contribution in [0, 0.1) is 0 Å². The highest BCUT2D eigenvalue weighted by Crippen LogP contribution is 2.21. The van der Waals surface area contributed by atoms with Gasteiger partial charge in [-0.05, 0) is 29.0 Å². The number of tetrazole rings is 1. The molecule has 2 aromatic heterocycles. The van der Waals surface area contributed by atoms with E-state index in [4.69, 9.17) is 0 Å². The van der Waals surface area contributed by atoms with Gasteiger partial charge in [0, 0.05) is 24.9 Å². The summed E-state index contributed by atoms with van der Waals surface area (Å²) in [5.41, 5.74) is 0.863. The van der Waals surface area contributed by atoms with Crippen LogP contribution < -0.4 is 5.32 Å². The lowest BCUT2D eigenvalue weighted by Crippen LogP contribution is -2.26. The first kappa shape index (κ1) is 16.4. The standard InChI is InChI=1S/C14H20N6OS/c1-3-12(22-10-13-17-18-19-20(13)2)8-14(21)16-9-11-6-4-5-7-15-11/h4-7,12H,3,8-10H2,1-2H3,(H,16,21). The molecule has 2 heterocycles. The van der Waals surface area contributed by atoms with Gasteiger partial charge in [0.2, 0.25) is 5.91 Å². The quantitative estimate of drug-likeness (QED) is 0.789. The van der Waals surface area contributed by atoms with Crippen molar-refractivity contribution in [2.75, 3.05) is 0 Å². The highest BCUT2D eigenvalue weighted by atomic mass is 32.2. The van der Waals surface area contributed by atoms with Crippen LogP contribution in [0.4, 0.5) is 0 Å². The van der Waals surface area contributed by atoms with E-state index in [-0.39, 0.29) is 11.2 Å². The van der Waals surface area contributed by atoms with Crippen molar-refractivity contribution in [1.82, 2.24) is 30.5 Å². The van der Waals surface area contributed by atoms with Gasteiger partial charge in [-0.25, -0.2) is 4.68 Å². The number of amides is 1. The lowest BCUT2D eigenvalue weighted by atomic mass is 10.2. The maximum Gasteiger partial charge on any atom is 0.221 e. The number of nitrogens with zero attached hydrogens (tertiary/aromatic N) is 5. The molecule has 8 heteroatoms. The van der Waals surface area contributed by atoms with Gasteiger partial charge in [0.25, 0.3) is 0 Å². The Hall–Kier alpha value is -1.96. The van der Waals surface area contributed by atoms with Crippen molar-refractivity contribution < 1.29 is 4.79 Å². The first-order chi connectivity index (χ1) is 10.7. The predicted octanol–water partition coefficient (Wildman–Crippen LogP) is 1.32. The molecule has 0 aliphatic rings. The Kier molecular flexibility index (Phi) is 6.32. The molecule has 0 spiro atoms. The van der Waals surface area contributed by atoms with Crippen LogP contribution >= 0.6 is 11.8 Å². The van der Waals surface area contributed by atoms with Crippen molar-refractivity contribution in [1.29, 1.82) is 0 Å². The second kappa shape index (κ2) is 8.47. The van der Waals surface area contributed by atoms with Crippen LogP contribution in [0.2, 0.25) is 0 Å². The normalized spacial score (nSPS) is 12.1. The molecule has 0 radical (unpaired) electrons. The molecule has 0 bridgehead atoms. The molecule has 7 nitrogen and oxygen atoms in total. The zero-order valence-electron chi connectivity index (χ0n) is 12.8. The minimum Gasteiger partial charge on any atom is -0.350 e. The Morgan fingerprint density at radius 2 is 2.32 bits per heavy atom. The van der Waals surface area contributed by atoms with Crippen LogP contribution in [0.3, 0.4) is 0 Å². The molecule has 1 amide bonds. The molecule has 22 heavy (non-hydrogen) atoms. The Balaban J connectivity index is 1.74. The molecule has 0 aromatic carbocycles. The van der Waals surface area contributed by atoms with Crippen molar-refractivity contribution in [2.24, 2.45) is 7.05 Å². The van der Waals surface area contributed by atoms with Gasteiger partial charge >= 0.3 is 0 Å². The Labute approximate surface area is 133 Å². The zero-order chi connectivity index (χ0) is 15.8. The van der Waals surface area contributed by atoms with Gasteiger partial charge in [0.1, 0.15) is 0 Å². The van der Waals surface area contributed by atoms with Crippen LogP contribution in [0.15, 0.2) is 24.4 Å². The third kappa shape index (κ3) is 5.10. The summed E-state index contributed by atoms with van der Waals surface area (Å²) < 4.78 is 1.65. The van der Waals surface area contributed by atoms with E-state index in [0.717, 1.165) is 17.9 Å². The number of aromatic nitrogens is 5. The summed E-state index contributed by atoms with van der Waals surface area (Å²) in [7, 11) is 1.82. The summed E-state index contributed by atoms with van der Waals surface area (Å²) in [6, 6.07) is 5.66. The fourth-order valence-corrected chi connectivity index (χ4v) is 2.99. The maximum absolute atomic E-state index is 12.0. The first-order valence-corrected chi connectivity index (χ1v) is 8.23. The van der Waals surface area contributed by atoms with Gasteiger partial charge in [-0.1, -0.05) is 13.0 Å². The highest BCUT2D eigenvalue weighted by molar-refractivity contribution is 7.99. The molecule has 2 aromatic rings. The van der Waals surface area contributed by atoms with Crippen molar-refractivity contribution in [3.63, 3.8) is 0 Å². The second-order valence-electron chi connectivity index (χ2n) is 4.86. The molecular formula is C14H20N6OS. The predicted molar refractivity (Wildman–Crippen MR) is 84.9 cm³/mol. The highest BCUT2D eigenvalue weighted by Gasteiger charge is 2.14. The first-order valence-electron chi connectivity index (χ1n) is 7.18. The van der Waals surface area contributed by atoms with Gasteiger partial charge in [-0.3, -0.25) is 9.78 Å². The molecule has 0 aliphatic carbocycles. The zero-order valence-corrected chi connectivity index (χ0v) is 13.6. The minimum atomic E-state index is 0.0427. The number of hydrogen-bond acceptors (Lipinski definition) is 6. The topological polar surface area (TPSA) is 85.6 Å². The average molecular weight is 320 g/mol. The molecule has 1 atom stereocenters. The molecule has 0 fully saturated rings. The summed E-state index contributed by atoms with van der Waals surface area (Å²) in [5, 5.41) is 14.5. The Morgan fingerprint density at radius 3 is 2.95 bits per heavy atom. The molecule has 0 saturated heterocycles. The van der Waals surface area contributed by atoms with Crippen molar-refractivity contribution in [2.45, 2.75) is 37.3 Å². The van der Waals surface area contributed by atoms with E-state index in [1.807, 2.05) is 25.2 Å². The fraction of sp³-hybridized carbons (Fsp3) is 0.500. The maximum atomic E-state index is 12.0. The lowest BCUT2D eigenvalue weighted by molar-refractivity contribution is -0.121. The van der Waals surface area contributed by atoms with Crippen LogP contribution in [-0.4, -0.2) is 36.3 Å². The summed E-state index contributed by atoms with van der Waals surface area (Å²) in [4.78, 5) is 16.2. The van der Waals surface area contributed by atoms with Gasteiger partial charge in [0.05, 0.1) is 18.0 Å². The number of nitrogens with one attached hydrogen (secondary N) is 1. The minimum absolute atomic E-state index is 0.0427.